The van der Waals surface area contributed by atoms with Crippen molar-refractivity contribution in [2.75, 3.05) is 11.9 Å². The van der Waals surface area contributed by atoms with Crippen LogP contribution in [-0.2, 0) is 28.0 Å². The molecule has 1 atom stereocenters. The number of hydrogen-bond donors (Lipinski definition) is 2. The van der Waals surface area contributed by atoms with E-state index in [9.17, 15) is 14.4 Å². The van der Waals surface area contributed by atoms with Crippen LogP contribution in [-0.4, -0.2) is 29.3 Å². The molecule has 7 heteroatoms. The largest absolute Gasteiger partial charge is 0.325 e. The van der Waals surface area contributed by atoms with Crippen molar-refractivity contribution in [3.63, 3.8) is 0 Å². The lowest BCUT2D eigenvalue weighted by Gasteiger charge is -2.25. The molecular formula is C23H26ClN3O3. The maximum absolute atomic E-state index is 13.2. The molecule has 1 aliphatic rings. The number of imide groups is 1. The summed E-state index contributed by atoms with van der Waals surface area (Å²) in [5, 5.41) is 6.23. The van der Waals surface area contributed by atoms with Gasteiger partial charge < -0.3 is 10.6 Å². The van der Waals surface area contributed by atoms with Crippen LogP contribution in [0.25, 0.3) is 0 Å². The molecule has 1 fully saturated rings. The lowest BCUT2D eigenvalue weighted by molar-refractivity contribution is -0.134. The standard InChI is InChI=1S/C23H26ClN3O3/c1-4-15-8-7-9-16(5-2)20(15)25-19(28)14-27-21(29)23(6-3,26-22(27)30)17-10-12-18(24)13-11-17/h7-13H,4-6,14H2,1-3H3,(H,25,28)(H,26,30). The number of anilines is 1. The number of halogens is 1. The van der Waals surface area contributed by atoms with Crippen molar-refractivity contribution >= 4 is 35.1 Å². The molecule has 30 heavy (non-hydrogen) atoms. The zero-order valence-electron chi connectivity index (χ0n) is 17.4. The lowest BCUT2D eigenvalue weighted by atomic mass is 9.87. The van der Waals surface area contributed by atoms with E-state index in [2.05, 4.69) is 10.6 Å². The number of nitrogens with zero attached hydrogens (tertiary/aromatic N) is 1. The second kappa shape index (κ2) is 8.88. The van der Waals surface area contributed by atoms with Gasteiger partial charge in [-0.15, -0.1) is 0 Å². The maximum Gasteiger partial charge on any atom is 0.325 e. The van der Waals surface area contributed by atoms with Gasteiger partial charge in [-0.1, -0.05) is 62.7 Å². The van der Waals surface area contributed by atoms with Crippen LogP contribution in [0.3, 0.4) is 0 Å². The first-order chi connectivity index (χ1) is 14.4. The van der Waals surface area contributed by atoms with Gasteiger partial charge in [0.25, 0.3) is 5.91 Å². The highest BCUT2D eigenvalue weighted by Gasteiger charge is 2.51. The molecule has 1 unspecified atom stereocenters. The summed E-state index contributed by atoms with van der Waals surface area (Å²) in [6.45, 7) is 5.51. The van der Waals surface area contributed by atoms with E-state index in [1.165, 1.54) is 0 Å². The Kier molecular flexibility index (Phi) is 6.46. The highest BCUT2D eigenvalue weighted by atomic mass is 35.5. The summed E-state index contributed by atoms with van der Waals surface area (Å²) >= 11 is 5.96. The number of carbonyl (C=O) groups excluding carboxylic acids is 3. The summed E-state index contributed by atoms with van der Waals surface area (Å²) in [5.74, 6) is -0.843. The van der Waals surface area contributed by atoms with E-state index in [0.717, 1.165) is 34.6 Å². The molecule has 2 N–H and O–H groups in total. The van der Waals surface area contributed by atoms with E-state index in [4.69, 9.17) is 11.6 Å². The summed E-state index contributed by atoms with van der Waals surface area (Å²) < 4.78 is 0. The van der Waals surface area contributed by atoms with E-state index in [1.807, 2.05) is 39.0 Å². The van der Waals surface area contributed by atoms with E-state index in [1.54, 1.807) is 24.3 Å². The molecule has 4 amide bonds. The molecule has 0 aliphatic carbocycles. The van der Waals surface area contributed by atoms with Gasteiger partial charge >= 0.3 is 6.03 Å². The fourth-order valence-corrected chi connectivity index (χ4v) is 4.00. The molecule has 2 aromatic carbocycles. The average Bonchev–Trinajstić information content (AvgIpc) is 2.99. The Morgan fingerprint density at radius 2 is 1.63 bits per heavy atom. The second-order valence-corrected chi connectivity index (χ2v) is 7.73. The van der Waals surface area contributed by atoms with Crippen molar-refractivity contribution in [3.05, 3.63) is 64.2 Å². The third kappa shape index (κ3) is 3.92. The number of para-hydroxylation sites is 1. The van der Waals surface area contributed by atoms with Gasteiger partial charge in [-0.05, 0) is 48.1 Å². The molecule has 3 rings (SSSR count). The topological polar surface area (TPSA) is 78.5 Å². The number of nitrogens with one attached hydrogen (secondary N) is 2. The molecule has 0 spiro atoms. The summed E-state index contributed by atoms with van der Waals surface area (Å²) in [5.41, 5.74) is 2.24. The van der Waals surface area contributed by atoms with Crippen molar-refractivity contribution in [2.45, 2.75) is 45.6 Å². The minimum absolute atomic E-state index is 0.346. The predicted octanol–water partition coefficient (Wildman–Crippen LogP) is 4.26. The molecule has 158 valence electrons. The van der Waals surface area contributed by atoms with Crippen molar-refractivity contribution in [1.29, 1.82) is 0 Å². The number of urea groups is 1. The Morgan fingerprint density at radius 3 is 2.17 bits per heavy atom. The highest BCUT2D eigenvalue weighted by Crippen LogP contribution is 2.33. The van der Waals surface area contributed by atoms with Gasteiger partial charge in [0.05, 0.1) is 0 Å². The highest BCUT2D eigenvalue weighted by molar-refractivity contribution is 6.30. The monoisotopic (exact) mass is 427 g/mol. The molecular weight excluding hydrogens is 402 g/mol. The van der Waals surface area contributed by atoms with Crippen LogP contribution in [0, 0.1) is 0 Å². The number of hydrogen-bond acceptors (Lipinski definition) is 3. The molecule has 1 saturated heterocycles. The Hall–Kier alpha value is -2.86. The van der Waals surface area contributed by atoms with Gasteiger partial charge in [0.15, 0.2) is 0 Å². The molecule has 0 bridgehead atoms. The van der Waals surface area contributed by atoms with Crippen LogP contribution in [0.1, 0.15) is 43.9 Å². The average molecular weight is 428 g/mol. The van der Waals surface area contributed by atoms with Crippen molar-refractivity contribution in [1.82, 2.24) is 10.2 Å². The van der Waals surface area contributed by atoms with Crippen LogP contribution in [0.4, 0.5) is 10.5 Å². The molecule has 0 radical (unpaired) electrons. The third-order valence-electron chi connectivity index (χ3n) is 5.61. The van der Waals surface area contributed by atoms with Gasteiger partial charge in [0.1, 0.15) is 12.1 Å². The van der Waals surface area contributed by atoms with Crippen molar-refractivity contribution in [2.24, 2.45) is 0 Å². The van der Waals surface area contributed by atoms with E-state index < -0.39 is 23.4 Å². The summed E-state index contributed by atoms with van der Waals surface area (Å²) in [7, 11) is 0. The van der Waals surface area contributed by atoms with Gasteiger partial charge in [-0.25, -0.2) is 4.79 Å². The van der Waals surface area contributed by atoms with Crippen LogP contribution >= 0.6 is 11.6 Å². The molecule has 0 saturated carbocycles. The SMILES string of the molecule is CCc1cccc(CC)c1NC(=O)CN1C(=O)NC(CC)(c2ccc(Cl)cc2)C1=O. The molecule has 1 aliphatic heterocycles. The maximum atomic E-state index is 13.2. The first-order valence-corrected chi connectivity index (χ1v) is 10.5. The Morgan fingerprint density at radius 1 is 1.03 bits per heavy atom. The number of aryl methyl sites for hydroxylation is 2. The third-order valence-corrected chi connectivity index (χ3v) is 5.86. The summed E-state index contributed by atoms with van der Waals surface area (Å²) in [6, 6.07) is 12.1. The number of amides is 4. The van der Waals surface area contributed by atoms with Gasteiger partial charge in [0.2, 0.25) is 5.91 Å². The first kappa shape index (κ1) is 21.8. The zero-order valence-corrected chi connectivity index (χ0v) is 18.2. The Bertz CT molecular complexity index is 952. The summed E-state index contributed by atoms with van der Waals surface area (Å²) in [6.07, 6.45) is 1.89. The van der Waals surface area contributed by atoms with Gasteiger partial charge in [0, 0.05) is 10.7 Å². The number of benzene rings is 2. The molecule has 1 heterocycles. The fourth-order valence-electron chi connectivity index (χ4n) is 3.87. The Balaban J connectivity index is 1.82. The smallest absolute Gasteiger partial charge is 0.324 e. The van der Waals surface area contributed by atoms with Gasteiger partial charge in [-0.3, -0.25) is 14.5 Å². The van der Waals surface area contributed by atoms with Gasteiger partial charge in [-0.2, -0.15) is 0 Å². The van der Waals surface area contributed by atoms with Crippen molar-refractivity contribution in [3.8, 4) is 0 Å². The van der Waals surface area contributed by atoms with Crippen molar-refractivity contribution < 1.29 is 14.4 Å². The first-order valence-electron chi connectivity index (χ1n) is 10.2. The normalized spacial score (nSPS) is 18.5. The van der Waals surface area contributed by atoms with E-state index in [-0.39, 0.29) is 6.54 Å². The minimum atomic E-state index is -1.20. The van der Waals surface area contributed by atoms with Crippen LogP contribution in [0.5, 0.6) is 0 Å². The Labute approximate surface area is 181 Å². The molecule has 0 aromatic heterocycles. The molecule has 2 aromatic rings. The number of carbonyl (C=O) groups is 3. The second-order valence-electron chi connectivity index (χ2n) is 7.29. The quantitative estimate of drug-likeness (QED) is 0.648. The lowest BCUT2D eigenvalue weighted by Crippen LogP contribution is -2.44. The van der Waals surface area contributed by atoms with E-state index in [0.29, 0.717) is 17.0 Å². The predicted molar refractivity (Wildman–Crippen MR) is 117 cm³/mol. The minimum Gasteiger partial charge on any atom is -0.324 e. The zero-order chi connectivity index (χ0) is 21.9. The van der Waals surface area contributed by atoms with Crippen LogP contribution in [0.15, 0.2) is 42.5 Å². The fraction of sp³-hybridized carbons (Fsp3) is 0.348. The van der Waals surface area contributed by atoms with Crippen LogP contribution < -0.4 is 10.6 Å². The molecule has 6 nitrogen and oxygen atoms in total. The number of rotatable bonds is 7. The summed E-state index contributed by atoms with van der Waals surface area (Å²) in [4.78, 5) is 39.6. The van der Waals surface area contributed by atoms with Crippen LogP contribution in [0.2, 0.25) is 5.02 Å². The van der Waals surface area contributed by atoms with E-state index >= 15 is 0 Å².